The van der Waals surface area contributed by atoms with Crippen molar-refractivity contribution < 1.29 is 4.79 Å². The van der Waals surface area contributed by atoms with Gasteiger partial charge in [-0.1, -0.05) is 27.2 Å². The molecule has 122 valence electrons. The first-order valence-electron chi connectivity index (χ1n) is 8.78. The number of carbonyl (C=O) groups excluding carboxylic acids is 1. The SMILES string of the molecule is CC1CCC(C(C)C)C(NC(=O)CN2CCCNCC2)C1. The highest BCUT2D eigenvalue weighted by Gasteiger charge is 2.31. The molecule has 1 amide bonds. The largest absolute Gasteiger partial charge is 0.352 e. The maximum atomic E-state index is 12.4. The lowest BCUT2D eigenvalue weighted by atomic mass is 9.74. The van der Waals surface area contributed by atoms with Gasteiger partial charge < -0.3 is 10.6 Å². The molecular weight excluding hydrogens is 262 g/mol. The number of rotatable bonds is 4. The van der Waals surface area contributed by atoms with Crippen LogP contribution in [0.15, 0.2) is 0 Å². The molecule has 1 aliphatic carbocycles. The van der Waals surface area contributed by atoms with Crippen molar-refractivity contribution in [3.8, 4) is 0 Å². The van der Waals surface area contributed by atoms with E-state index in [2.05, 4.69) is 36.3 Å². The summed E-state index contributed by atoms with van der Waals surface area (Å²) in [5, 5.41) is 6.73. The summed E-state index contributed by atoms with van der Waals surface area (Å²) < 4.78 is 0. The van der Waals surface area contributed by atoms with Crippen LogP contribution in [0.5, 0.6) is 0 Å². The van der Waals surface area contributed by atoms with Gasteiger partial charge in [0.1, 0.15) is 0 Å². The lowest BCUT2D eigenvalue weighted by molar-refractivity contribution is -0.123. The summed E-state index contributed by atoms with van der Waals surface area (Å²) in [6.07, 6.45) is 4.86. The summed E-state index contributed by atoms with van der Waals surface area (Å²) in [5.74, 6) is 2.27. The zero-order chi connectivity index (χ0) is 15.2. The average Bonchev–Trinajstić information content (AvgIpc) is 2.66. The fourth-order valence-corrected chi connectivity index (χ4v) is 3.88. The van der Waals surface area contributed by atoms with Crippen LogP contribution in [-0.2, 0) is 4.79 Å². The average molecular weight is 295 g/mol. The third-order valence-electron chi connectivity index (χ3n) is 5.17. The fraction of sp³-hybridized carbons (Fsp3) is 0.941. The van der Waals surface area contributed by atoms with Gasteiger partial charge in [0.05, 0.1) is 6.54 Å². The van der Waals surface area contributed by atoms with Gasteiger partial charge >= 0.3 is 0 Å². The summed E-state index contributed by atoms with van der Waals surface area (Å²) in [6, 6.07) is 0.381. The molecule has 0 spiro atoms. The zero-order valence-corrected chi connectivity index (χ0v) is 14.0. The van der Waals surface area contributed by atoms with Crippen LogP contribution < -0.4 is 10.6 Å². The highest BCUT2D eigenvalue weighted by atomic mass is 16.2. The summed E-state index contributed by atoms with van der Waals surface area (Å²) >= 11 is 0. The van der Waals surface area contributed by atoms with Crippen LogP contribution in [0.25, 0.3) is 0 Å². The Kier molecular flexibility index (Phi) is 6.49. The second kappa shape index (κ2) is 8.14. The Morgan fingerprint density at radius 2 is 2.10 bits per heavy atom. The van der Waals surface area contributed by atoms with Crippen LogP contribution in [0.4, 0.5) is 0 Å². The second-order valence-corrected chi connectivity index (χ2v) is 7.38. The van der Waals surface area contributed by atoms with Crippen molar-refractivity contribution in [2.75, 3.05) is 32.7 Å². The first kappa shape index (κ1) is 16.8. The Labute approximate surface area is 130 Å². The van der Waals surface area contributed by atoms with Crippen molar-refractivity contribution in [3.05, 3.63) is 0 Å². The summed E-state index contributed by atoms with van der Waals surface area (Å²) in [4.78, 5) is 14.7. The van der Waals surface area contributed by atoms with E-state index < -0.39 is 0 Å². The van der Waals surface area contributed by atoms with Gasteiger partial charge in [-0.25, -0.2) is 0 Å². The van der Waals surface area contributed by atoms with Crippen LogP contribution in [0.3, 0.4) is 0 Å². The maximum Gasteiger partial charge on any atom is 0.234 e. The lowest BCUT2D eigenvalue weighted by Gasteiger charge is -2.38. The zero-order valence-electron chi connectivity index (χ0n) is 14.0. The van der Waals surface area contributed by atoms with Gasteiger partial charge in [-0.3, -0.25) is 9.69 Å². The molecule has 1 saturated heterocycles. The molecular formula is C17H33N3O. The molecule has 1 saturated carbocycles. The number of hydrogen-bond acceptors (Lipinski definition) is 3. The minimum Gasteiger partial charge on any atom is -0.352 e. The smallest absolute Gasteiger partial charge is 0.234 e. The quantitative estimate of drug-likeness (QED) is 0.832. The minimum atomic E-state index is 0.224. The van der Waals surface area contributed by atoms with E-state index in [0.717, 1.165) is 44.9 Å². The number of hydrogen-bond donors (Lipinski definition) is 2. The van der Waals surface area contributed by atoms with Crippen LogP contribution in [0.1, 0.15) is 46.5 Å². The Morgan fingerprint density at radius 3 is 2.86 bits per heavy atom. The normalized spacial score (nSPS) is 31.9. The molecule has 21 heavy (non-hydrogen) atoms. The molecule has 4 nitrogen and oxygen atoms in total. The van der Waals surface area contributed by atoms with Gasteiger partial charge in [-0.2, -0.15) is 0 Å². The van der Waals surface area contributed by atoms with Crippen LogP contribution in [0, 0.1) is 17.8 Å². The molecule has 1 aliphatic heterocycles. The van der Waals surface area contributed by atoms with Crippen molar-refractivity contribution in [1.82, 2.24) is 15.5 Å². The molecule has 0 bridgehead atoms. The van der Waals surface area contributed by atoms with Gasteiger partial charge in [0.15, 0.2) is 0 Å². The van der Waals surface area contributed by atoms with Crippen molar-refractivity contribution in [1.29, 1.82) is 0 Å². The standard InChI is InChI=1S/C17H33N3O/c1-13(2)15-6-5-14(3)11-16(15)19-17(21)12-20-9-4-7-18-8-10-20/h13-16,18H,4-12H2,1-3H3,(H,19,21). The molecule has 0 aromatic heterocycles. The molecule has 2 fully saturated rings. The number of nitrogens with zero attached hydrogens (tertiary/aromatic N) is 1. The first-order valence-corrected chi connectivity index (χ1v) is 8.78. The lowest BCUT2D eigenvalue weighted by Crippen LogP contribution is -2.49. The van der Waals surface area contributed by atoms with Crippen LogP contribution >= 0.6 is 0 Å². The minimum absolute atomic E-state index is 0.224. The maximum absolute atomic E-state index is 12.4. The molecule has 0 radical (unpaired) electrons. The number of amides is 1. The van der Waals surface area contributed by atoms with E-state index in [9.17, 15) is 4.79 Å². The molecule has 2 rings (SSSR count). The fourth-order valence-electron chi connectivity index (χ4n) is 3.88. The van der Waals surface area contributed by atoms with E-state index in [1.54, 1.807) is 0 Å². The number of carbonyl (C=O) groups is 1. The van der Waals surface area contributed by atoms with Crippen molar-refractivity contribution in [2.45, 2.75) is 52.5 Å². The van der Waals surface area contributed by atoms with Crippen LogP contribution in [-0.4, -0.2) is 49.6 Å². The molecule has 3 atom stereocenters. The van der Waals surface area contributed by atoms with Crippen molar-refractivity contribution in [2.24, 2.45) is 17.8 Å². The Hall–Kier alpha value is -0.610. The molecule has 4 heteroatoms. The highest BCUT2D eigenvalue weighted by molar-refractivity contribution is 5.78. The highest BCUT2D eigenvalue weighted by Crippen LogP contribution is 2.33. The van der Waals surface area contributed by atoms with Gasteiger partial charge in [0.2, 0.25) is 5.91 Å². The summed E-state index contributed by atoms with van der Waals surface area (Å²) in [6.45, 7) is 11.6. The predicted octanol–water partition coefficient (Wildman–Crippen LogP) is 1.86. The van der Waals surface area contributed by atoms with E-state index in [0.29, 0.717) is 24.4 Å². The van der Waals surface area contributed by atoms with E-state index in [4.69, 9.17) is 0 Å². The third kappa shape index (κ3) is 5.26. The van der Waals surface area contributed by atoms with E-state index >= 15 is 0 Å². The molecule has 1 heterocycles. The van der Waals surface area contributed by atoms with Crippen molar-refractivity contribution >= 4 is 5.91 Å². The van der Waals surface area contributed by atoms with Crippen molar-refractivity contribution in [3.63, 3.8) is 0 Å². The van der Waals surface area contributed by atoms with Crippen LogP contribution in [0.2, 0.25) is 0 Å². The molecule has 3 unspecified atom stereocenters. The first-order chi connectivity index (χ1) is 10.1. The number of nitrogens with one attached hydrogen (secondary N) is 2. The third-order valence-corrected chi connectivity index (χ3v) is 5.17. The monoisotopic (exact) mass is 295 g/mol. The van der Waals surface area contributed by atoms with Gasteiger partial charge in [-0.05, 0) is 50.1 Å². The van der Waals surface area contributed by atoms with E-state index in [1.807, 2.05) is 0 Å². The Morgan fingerprint density at radius 1 is 1.29 bits per heavy atom. The Balaban J connectivity index is 1.84. The molecule has 2 N–H and O–H groups in total. The van der Waals surface area contributed by atoms with Gasteiger partial charge in [0, 0.05) is 19.1 Å². The van der Waals surface area contributed by atoms with Gasteiger partial charge in [0.25, 0.3) is 0 Å². The second-order valence-electron chi connectivity index (χ2n) is 7.38. The summed E-state index contributed by atoms with van der Waals surface area (Å²) in [5.41, 5.74) is 0. The topological polar surface area (TPSA) is 44.4 Å². The predicted molar refractivity (Wildman–Crippen MR) is 87.2 cm³/mol. The van der Waals surface area contributed by atoms with E-state index in [-0.39, 0.29) is 5.91 Å². The molecule has 0 aromatic carbocycles. The molecule has 2 aliphatic rings. The summed E-state index contributed by atoms with van der Waals surface area (Å²) in [7, 11) is 0. The van der Waals surface area contributed by atoms with Gasteiger partial charge in [-0.15, -0.1) is 0 Å². The van der Waals surface area contributed by atoms with E-state index in [1.165, 1.54) is 12.8 Å². The Bertz CT molecular complexity index is 324. The molecule has 0 aromatic rings.